The van der Waals surface area contributed by atoms with Crippen LogP contribution in [0.2, 0.25) is 0 Å². The van der Waals surface area contributed by atoms with Gasteiger partial charge in [0.15, 0.2) is 5.78 Å². The molecule has 5 rings (SSSR count). The normalized spacial score (nSPS) is 57.0. The van der Waals surface area contributed by atoms with Crippen molar-refractivity contribution in [3.05, 3.63) is 12.2 Å². The van der Waals surface area contributed by atoms with Crippen LogP contribution in [0.1, 0.15) is 73.1 Å². The van der Waals surface area contributed by atoms with Crippen LogP contribution in [0.3, 0.4) is 0 Å². The van der Waals surface area contributed by atoms with E-state index in [1.54, 1.807) is 0 Å². The van der Waals surface area contributed by atoms with E-state index in [4.69, 9.17) is 0 Å². The van der Waals surface area contributed by atoms with E-state index in [0.717, 1.165) is 6.42 Å². The lowest BCUT2D eigenvalue weighted by Crippen LogP contribution is -2.57. The van der Waals surface area contributed by atoms with Gasteiger partial charge >= 0.3 is 0 Å². The van der Waals surface area contributed by atoms with Gasteiger partial charge in [0.25, 0.3) is 0 Å². The molecule has 0 aliphatic heterocycles. The first-order valence-electron chi connectivity index (χ1n) is 11.6. The largest absolute Gasteiger partial charge is 0.393 e. The fraction of sp³-hybridized carbons (Fsp3) is 0.880. The molecule has 4 fully saturated rings. The summed E-state index contributed by atoms with van der Waals surface area (Å²) in [5, 5.41) is 14.6. The minimum atomic E-state index is -0.219. The summed E-state index contributed by atoms with van der Waals surface area (Å²) >= 11 is 0. The van der Waals surface area contributed by atoms with Gasteiger partial charge in [-0.05, 0) is 92.1 Å². The van der Waals surface area contributed by atoms with Gasteiger partial charge in [-0.2, -0.15) is 0 Å². The molecular weight excluding hydrogens is 346 g/mol. The molecule has 4 saturated carbocycles. The molecule has 2 N–H and O–H groups in total. The highest BCUT2D eigenvalue weighted by molar-refractivity contribution is 5.96. The Morgan fingerprint density at radius 1 is 1.11 bits per heavy atom. The number of aliphatic hydroxyl groups is 1. The summed E-state index contributed by atoms with van der Waals surface area (Å²) in [7, 11) is 2.04. The maximum atomic E-state index is 12.7. The predicted octanol–water partition coefficient (Wildman–Crippen LogP) is 4.35. The monoisotopic (exact) mass is 385 g/mol. The van der Waals surface area contributed by atoms with Gasteiger partial charge in [0.05, 0.1) is 6.10 Å². The first kappa shape index (κ1) is 19.3. The van der Waals surface area contributed by atoms with Crippen molar-refractivity contribution in [2.45, 2.75) is 85.3 Å². The van der Waals surface area contributed by atoms with Gasteiger partial charge in [-0.25, -0.2) is 0 Å². The molecule has 156 valence electrons. The molecule has 0 aromatic carbocycles. The van der Waals surface area contributed by atoms with Crippen LogP contribution in [-0.2, 0) is 4.79 Å². The highest BCUT2D eigenvalue weighted by Gasteiger charge is 2.82. The van der Waals surface area contributed by atoms with Crippen LogP contribution in [0.15, 0.2) is 12.2 Å². The fourth-order valence-electron chi connectivity index (χ4n) is 9.78. The molecule has 2 spiro atoms. The van der Waals surface area contributed by atoms with Crippen molar-refractivity contribution >= 4 is 5.78 Å². The second kappa shape index (κ2) is 5.32. The molecule has 0 amide bonds. The lowest BCUT2D eigenvalue weighted by atomic mass is 9.42. The second-order valence-electron chi connectivity index (χ2n) is 12.2. The maximum absolute atomic E-state index is 12.7. The Labute approximate surface area is 170 Å². The van der Waals surface area contributed by atoms with E-state index < -0.39 is 0 Å². The molecule has 3 nitrogen and oxygen atoms in total. The Kier molecular flexibility index (Phi) is 3.67. The number of aliphatic hydroxyl groups excluding tert-OH is 1. The molecule has 0 heterocycles. The molecule has 0 bridgehead atoms. The van der Waals surface area contributed by atoms with E-state index in [9.17, 15) is 9.90 Å². The average Bonchev–Trinajstić information content (AvgIpc) is 3.24. The predicted molar refractivity (Wildman–Crippen MR) is 112 cm³/mol. The SMILES string of the molecule is CNC(C)C1C(O)CC2(C)C3CCC4C(C)(C)C(=O)C=CC45CC35CCC12C. The molecule has 0 aromatic heterocycles. The minimum Gasteiger partial charge on any atom is -0.393 e. The number of ketones is 1. The molecule has 9 atom stereocenters. The van der Waals surface area contributed by atoms with Gasteiger partial charge in [-0.3, -0.25) is 4.79 Å². The third kappa shape index (κ3) is 1.84. The summed E-state index contributed by atoms with van der Waals surface area (Å²) in [6.07, 6.45) is 11.2. The summed E-state index contributed by atoms with van der Waals surface area (Å²) < 4.78 is 0. The summed E-state index contributed by atoms with van der Waals surface area (Å²) in [4.78, 5) is 12.7. The Morgan fingerprint density at radius 3 is 2.46 bits per heavy atom. The van der Waals surface area contributed by atoms with Crippen LogP contribution in [0.4, 0.5) is 0 Å². The average molecular weight is 386 g/mol. The Morgan fingerprint density at radius 2 is 1.79 bits per heavy atom. The maximum Gasteiger partial charge on any atom is 0.161 e. The van der Waals surface area contributed by atoms with Crippen molar-refractivity contribution in [1.82, 2.24) is 5.32 Å². The third-order valence-electron chi connectivity index (χ3n) is 11.4. The van der Waals surface area contributed by atoms with Crippen LogP contribution in [0, 0.1) is 44.8 Å². The lowest BCUT2D eigenvalue weighted by Gasteiger charge is -2.61. The van der Waals surface area contributed by atoms with Gasteiger partial charge in [0.1, 0.15) is 0 Å². The van der Waals surface area contributed by atoms with Crippen LogP contribution in [0.25, 0.3) is 0 Å². The van der Waals surface area contributed by atoms with E-state index in [2.05, 4.69) is 46.0 Å². The zero-order valence-corrected chi connectivity index (χ0v) is 18.6. The van der Waals surface area contributed by atoms with E-state index in [1.165, 1.54) is 32.1 Å². The lowest BCUT2D eigenvalue weighted by molar-refractivity contribution is -0.140. The molecule has 0 aromatic rings. The van der Waals surface area contributed by atoms with Gasteiger partial charge < -0.3 is 10.4 Å². The van der Waals surface area contributed by atoms with Gasteiger partial charge in [0.2, 0.25) is 0 Å². The highest BCUT2D eigenvalue weighted by atomic mass is 16.3. The Bertz CT molecular complexity index is 758. The van der Waals surface area contributed by atoms with Crippen LogP contribution in [-0.4, -0.2) is 30.1 Å². The number of allylic oxidation sites excluding steroid dienone is 2. The Hall–Kier alpha value is -0.670. The number of hydrogen-bond donors (Lipinski definition) is 2. The van der Waals surface area contributed by atoms with E-state index in [0.29, 0.717) is 35.0 Å². The molecule has 9 unspecified atom stereocenters. The van der Waals surface area contributed by atoms with Crippen molar-refractivity contribution in [1.29, 1.82) is 0 Å². The van der Waals surface area contributed by atoms with Crippen molar-refractivity contribution in [3.63, 3.8) is 0 Å². The molecule has 5 aliphatic carbocycles. The van der Waals surface area contributed by atoms with Gasteiger partial charge in [0, 0.05) is 17.4 Å². The molecule has 3 heteroatoms. The number of hydrogen-bond acceptors (Lipinski definition) is 3. The van der Waals surface area contributed by atoms with Crippen LogP contribution in [0.5, 0.6) is 0 Å². The van der Waals surface area contributed by atoms with Crippen LogP contribution >= 0.6 is 0 Å². The topological polar surface area (TPSA) is 49.3 Å². The second-order valence-corrected chi connectivity index (χ2v) is 12.2. The number of nitrogens with one attached hydrogen (secondary N) is 1. The first-order chi connectivity index (χ1) is 13.0. The van der Waals surface area contributed by atoms with Crippen LogP contribution < -0.4 is 5.32 Å². The standard InChI is InChI=1S/C25H39NO2/c1-15(26-6)20-16(27)13-23(5)18-8-7-17-21(2,3)19(28)9-10-24(17)14-25(18,24)12-11-22(20,23)4/h9-10,15-18,20,26-27H,7-8,11-14H2,1-6H3. The smallest absolute Gasteiger partial charge is 0.161 e. The van der Waals surface area contributed by atoms with Crippen molar-refractivity contribution in [2.75, 3.05) is 7.05 Å². The quantitative estimate of drug-likeness (QED) is 0.743. The molecule has 0 saturated heterocycles. The zero-order valence-electron chi connectivity index (χ0n) is 18.6. The summed E-state index contributed by atoms with van der Waals surface area (Å²) in [6, 6.07) is 0.339. The van der Waals surface area contributed by atoms with E-state index in [1.807, 2.05) is 13.1 Å². The summed E-state index contributed by atoms with van der Waals surface area (Å²) in [5.41, 5.74) is 0.772. The van der Waals surface area contributed by atoms with E-state index in [-0.39, 0.29) is 27.8 Å². The molecule has 5 aliphatic rings. The molecular formula is C25H39NO2. The fourth-order valence-corrected chi connectivity index (χ4v) is 9.78. The summed E-state index contributed by atoms with van der Waals surface area (Å²) in [5.74, 6) is 1.83. The number of rotatable bonds is 2. The highest BCUT2D eigenvalue weighted by Crippen LogP contribution is 2.87. The Balaban J connectivity index is 1.57. The van der Waals surface area contributed by atoms with Gasteiger partial charge in [-0.15, -0.1) is 0 Å². The minimum absolute atomic E-state index is 0.186. The third-order valence-corrected chi connectivity index (χ3v) is 11.4. The van der Waals surface area contributed by atoms with E-state index >= 15 is 0 Å². The van der Waals surface area contributed by atoms with Crippen molar-refractivity contribution < 1.29 is 9.90 Å². The summed E-state index contributed by atoms with van der Waals surface area (Å²) in [6.45, 7) is 11.6. The molecule has 0 radical (unpaired) electrons. The number of fused-ring (bicyclic) bond motifs is 2. The van der Waals surface area contributed by atoms with Crippen molar-refractivity contribution in [2.24, 2.45) is 44.8 Å². The first-order valence-corrected chi connectivity index (χ1v) is 11.6. The number of carbonyl (C=O) groups excluding carboxylic acids is 1. The van der Waals surface area contributed by atoms with Crippen molar-refractivity contribution in [3.8, 4) is 0 Å². The van der Waals surface area contributed by atoms with Gasteiger partial charge in [-0.1, -0.05) is 33.8 Å². The zero-order chi connectivity index (χ0) is 20.3. The molecule has 28 heavy (non-hydrogen) atoms. The number of carbonyl (C=O) groups is 1.